The summed E-state index contributed by atoms with van der Waals surface area (Å²) in [6.45, 7) is -0.0357. The van der Waals surface area contributed by atoms with Crippen molar-refractivity contribution in [3.63, 3.8) is 0 Å². The van der Waals surface area contributed by atoms with Gasteiger partial charge in [-0.05, 0) is 24.3 Å². The molecule has 8 heteroatoms. The minimum Gasteiger partial charge on any atom is -0.455 e. The molecule has 0 fully saturated rings. The zero-order valence-electron chi connectivity index (χ0n) is 12.8. The van der Waals surface area contributed by atoms with Gasteiger partial charge >= 0.3 is 5.97 Å². The third-order valence-corrected chi connectivity index (χ3v) is 3.71. The van der Waals surface area contributed by atoms with Crippen molar-refractivity contribution in [1.29, 1.82) is 0 Å². The quantitative estimate of drug-likeness (QED) is 0.394. The highest BCUT2D eigenvalue weighted by molar-refractivity contribution is 6.33. The highest BCUT2D eigenvalue weighted by Crippen LogP contribution is 2.23. The van der Waals surface area contributed by atoms with Gasteiger partial charge < -0.3 is 4.74 Å². The number of para-hydroxylation sites is 1. The van der Waals surface area contributed by atoms with Gasteiger partial charge in [-0.15, -0.1) is 0 Å². The highest BCUT2D eigenvalue weighted by Gasteiger charge is 2.16. The normalized spacial score (nSPS) is 10.4. The van der Waals surface area contributed by atoms with Crippen LogP contribution in [0.2, 0.25) is 5.02 Å². The van der Waals surface area contributed by atoms with E-state index in [1.54, 1.807) is 16.9 Å². The lowest BCUT2D eigenvalue weighted by Gasteiger charge is -2.05. The van der Waals surface area contributed by atoms with Crippen molar-refractivity contribution in [2.24, 2.45) is 0 Å². The van der Waals surface area contributed by atoms with Crippen LogP contribution in [0.25, 0.3) is 5.69 Å². The molecule has 0 atom stereocenters. The van der Waals surface area contributed by atoms with Gasteiger partial charge in [0.1, 0.15) is 12.3 Å². The zero-order valence-corrected chi connectivity index (χ0v) is 13.6. The predicted octanol–water partition coefficient (Wildman–Crippen LogP) is 3.79. The SMILES string of the molecule is O=C(OCc1ccn(-c2ccccc2)n1)c1ccc([N+](=O)[O-])cc1Cl. The second-order valence-electron chi connectivity index (χ2n) is 5.08. The van der Waals surface area contributed by atoms with E-state index < -0.39 is 10.9 Å². The van der Waals surface area contributed by atoms with E-state index in [0.29, 0.717) is 5.69 Å². The Kier molecular flexibility index (Phi) is 4.76. The maximum Gasteiger partial charge on any atom is 0.340 e. The number of nitrogens with zero attached hydrogens (tertiary/aromatic N) is 3. The van der Waals surface area contributed by atoms with Gasteiger partial charge in [-0.1, -0.05) is 29.8 Å². The van der Waals surface area contributed by atoms with Gasteiger partial charge in [-0.3, -0.25) is 10.1 Å². The summed E-state index contributed by atoms with van der Waals surface area (Å²) >= 11 is 5.91. The van der Waals surface area contributed by atoms with Crippen LogP contribution in [0.5, 0.6) is 0 Å². The van der Waals surface area contributed by atoms with Gasteiger partial charge in [-0.25, -0.2) is 9.48 Å². The summed E-state index contributed by atoms with van der Waals surface area (Å²) in [5, 5.41) is 15.0. The number of benzene rings is 2. The number of rotatable bonds is 5. The monoisotopic (exact) mass is 357 g/mol. The van der Waals surface area contributed by atoms with E-state index in [0.717, 1.165) is 11.8 Å². The Hall–Kier alpha value is -3.19. The number of hydrogen-bond donors (Lipinski definition) is 0. The highest BCUT2D eigenvalue weighted by atomic mass is 35.5. The average Bonchev–Trinajstić information content (AvgIpc) is 3.09. The van der Waals surface area contributed by atoms with Crippen LogP contribution in [0.4, 0.5) is 5.69 Å². The molecule has 3 aromatic rings. The van der Waals surface area contributed by atoms with Crippen LogP contribution in [0.3, 0.4) is 0 Å². The second kappa shape index (κ2) is 7.14. The first kappa shape index (κ1) is 16.7. The van der Waals surface area contributed by atoms with Crippen LogP contribution >= 0.6 is 11.6 Å². The third-order valence-electron chi connectivity index (χ3n) is 3.40. The first-order valence-corrected chi connectivity index (χ1v) is 7.63. The van der Waals surface area contributed by atoms with Crippen LogP contribution in [0.1, 0.15) is 16.1 Å². The van der Waals surface area contributed by atoms with E-state index in [9.17, 15) is 14.9 Å². The topological polar surface area (TPSA) is 87.3 Å². The summed E-state index contributed by atoms with van der Waals surface area (Å²) in [5.41, 5.74) is 1.33. The number of non-ortho nitro benzene ring substituents is 1. The molecule has 0 radical (unpaired) electrons. The van der Waals surface area contributed by atoms with Crippen molar-refractivity contribution < 1.29 is 14.5 Å². The van der Waals surface area contributed by atoms with E-state index >= 15 is 0 Å². The van der Waals surface area contributed by atoms with Crippen LogP contribution in [0.15, 0.2) is 60.8 Å². The zero-order chi connectivity index (χ0) is 17.8. The molecule has 0 saturated carbocycles. The molecule has 1 aromatic heterocycles. The van der Waals surface area contributed by atoms with Crippen molar-refractivity contribution in [1.82, 2.24) is 9.78 Å². The number of aromatic nitrogens is 2. The van der Waals surface area contributed by atoms with E-state index in [1.807, 2.05) is 30.3 Å². The fourth-order valence-electron chi connectivity index (χ4n) is 2.16. The molecule has 0 bridgehead atoms. The lowest BCUT2D eigenvalue weighted by molar-refractivity contribution is -0.384. The number of ether oxygens (including phenoxy) is 1. The fraction of sp³-hybridized carbons (Fsp3) is 0.0588. The average molecular weight is 358 g/mol. The summed E-state index contributed by atoms with van der Waals surface area (Å²) in [6.07, 6.45) is 1.76. The Labute approximate surface area is 147 Å². The molecule has 25 heavy (non-hydrogen) atoms. The third kappa shape index (κ3) is 3.84. The van der Waals surface area contributed by atoms with Crippen molar-refractivity contribution in [2.45, 2.75) is 6.61 Å². The molecule has 0 amide bonds. The molecule has 3 rings (SSSR count). The maximum atomic E-state index is 12.1. The van der Waals surface area contributed by atoms with Crippen LogP contribution in [-0.2, 0) is 11.3 Å². The van der Waals surface area contributed by atoms with Gasteiger partial charge in [-0.2, -0.15) is 5.10 Å². The Bertz CT molecular complexity index is 925. The predicted molar refractivity (Wildman–Crippen MR) is 90.8 cm³/mol. The molecular formula is C17H12ClN3O4. The molecule has 0 aliphatic rings. The number of halogens is 1. The minimum atomic E-state index is -0.672. The largest absolute Gasteiger partial charge is 0.455 e. The van der Waals surface area contributed by atoms with Crippen molar-refractivity contribution in [3.8, 4) is 5.69 Å². The Morgan fingerprint density at radius 3 is 2.64 bits per heavy atom. The first-order valence-electron chi connectivity index (χ1n) is 7.25. The lowest BCUT2D eigenvalue weighted by Crippen LogP contribution is -2.07. The number of nitro groups is 1. The summed E-state index contributed by atoms with van der Waals surface area (Å²) in [6, 6.07) is 14.8. The molecule has 0 saturated heterocycles. The first-order chi connectivity index (χ1) is 12.0. The molecule has 0 unspecified atom stereocenters. The molecule has 126 valence electrons. The Morgan fingerprint density at radius 2 is 1.96 bits per heavy atom. The number of carbonyl (C=O) groups excluding carboxylic acids is 1. The van der Waals surface area contributed by atoms with E-state index in [2.05, 4.69) is 5.10 Å². The van der Waals surface area contributed by atoms with Crippen molar-refractivity contribution in [2.75, 3.05) is 0 Å². The summed E-state index contributed by atoms with van der Waals surface area (Å²) in [7, 11) is 0. The number of esters is 1. The fourth-order valence-corrected chi connectivity index (χ4v) is 2.42. The van der Waals surface area contributed by atoms with Gasteiger partial charge in [0.25, 0.3) is 5.69 Å². The number of carbonyl (C=O) groups is 1. The van der Waals surface area contributed by atoms with E-state index in [4.69, 9.17) is 16.3 Å². The number of nitro benzene ring substituents is 1. The second-order valence-corrected chi connectivity index (χ2v) is 5.49. The van der Waals surface area contributed by atoms with Gasteiger partial charge in [0.2, 0.25) is 0 Å². The van der Waals surface area contributed by atoms with Gasteiger partial charge in [0, 0.05) is 18.3 Å². The molecule has 1 heterocycles. The molecule has 7 nitrogen and oxygen atoms in total. The lowest BCUT2D eigenvalue weighted by atomic mass is 10.2. The van der Waals surface area contributed by atoms with Crippen molar-refractivity contribution >= 4 is 23.3 Å². The molecule has 0 aliphatic heterocycles. The van der Waals surface area contributed by atoms with Crippen LogP contribution < -0.4 is 0 Å². The summed E-state index contributed by atoms with van der Waals surface area (Å²) < 4.78 is 6.84. The van der Waals surface area contributed by atoms with Crippen LogP contribution in [-0.4, -0.2) is 20.7 Å². The molecule has 0 spiro atoms. The molecule has 2 aromatic carbocycles. The van der Waals surface area contributed by atoms with Gasteiger partial charge in [0.05, 0.1) is 21.2 Å². The van der Waals surface area contributed by atoms with Crippen LogP contribution in [0, 0.1) is 10.1 Å². The molecular weight excluding hydrogens is 346 g/mol. The smallest absolute Gasteiger partial charge is 0.340 e. The standard InChI is InChI=1S/C17H12ClN3O4/c18-16-10-14(21(23)24)6-7-15(16)17(22)25-11-12-8-9-20(19-12)13-4-2-1-3-5-13/h1-10H,11H2. The summed E-state index contributed by atoms with van der Waals surface area (Å²) in [4.78, 5) is 22.2. The van der Waals surface area contributed by atoms with E-state index in [-0.39, 0.29) is 22.9 Å². The maximum absolute atomic E-state index is 12.1. The summed E-state index contributed by atoms with van der Waals surface area (Å²) in [5.74, 6) is -0.672. The van der Waals surface area contributed by atoms with Crippen molar-refractivity contribution in [3.05, 3.63) is 87.2 Å². The van der Waals surface area contributed by atoms with E-state index in [1.165, 1.54) is 12.1 Å². The molecule has 0 N–H and O–H groups in total. The minimum absolute atomic E-state index is 0.0333. The van der Waals surface area contributed by atoms with Gasteiger partial charge in [0.15, 0.2) is 0 Å². The number of hydrogen-bond acceptors (Lipinski definition) is 5. The Balaban J connectivity index is 1.67. The molecule has 0 aliphatic carbocycles. The Morgan fingerprint density at radius 1 is 1.20 bits per heavy atom.